The lowest BCUT2D eigenvalue weighted by Crippen LogP contribution is -2.53. The van der Waals surface area contributed by atoms with Gasteiger partial charge < -0.3 is 25.1 Å². The van der Waals surface area contributed by atoms with Crippen LogP contribution in [-0.2, 0) is 0 Å². The number of guanidine groups is 1. The van der Waals surface area contributed by atoms with E-state index in [0.29, 0.717) is 5.75 Å². The molecule has 6 heteroatoms. The van der Waals surface area contributed by atoms with E-state index in [2.05, 4.69) is 70.3 Å². The summed E-state index contributed by atoms with van der Waals surface area (Å²) in [5.41, 5.74) is 3.48. The fraction of sp³-hybridized carbons (Fsp3) is 0.435. The van der Waals surface area contributed by atoms with Crippen LogP contribution in [0.3, 0.4) is 0 Å². The lowest BCUT2D eigenvalue weighted by Gasteiger charge is -2.38. The van der Waals surface area contributed by atoms with E-state index in [1.54, 1.807) is 6.07 Å². The molecule has 2 aromatic rings. The monoisotopic (exact) mass is 395 g/mol. The fourth-order valence-electron chi connectivity index (χ4n) is 3.80. The first-order chi connectivity index (χ1) is 14.0. The minimum atomic E-state index is 0.273. The SMILES string of the molecule is CN=C(NCC(c1ccc(C)cc1)N(C)C)N1CCN(c2ccccc2O)CC1. The predicted octanol–water partition coefficient (Wildman–Crippen LogP) is 2.70. The maximum Gasteiger partial charge on any atom is 0.193 e. The van der Waals surface area contributed by atoms with Gasteiger partial charge in [-0.05, 0) is 38.7 Å². The Hall–Kier alpha value is -2.73. The van der Waals surface area contributed by atoms with Crippen molar-refractivity contribution in [3.8, 4) is 5.75 Å². The Kier molecular flexibility index (Phi) is 6.99. The zero-order chi connectivity index (χ0) is 20.8. The van der Waals surface area contributed by atoms with Crippen LogP contribution in [-0.4, -0.2) is 74.7 Å². The smallest absolute Gasteiger partial charge is 0.193 e. The minimum absolute atomic E-state index is 0.273. The number of hydrogen-bond acceptors (Lipinski definition) is 4. The minimum Gasteiger partial charge on any atom is -0.506 e. The standard InChI is InChI=1S/C23H33N5O/c1-18-9-11-19(12-10-18)21(26(3)4)17-25-23(24-2)28-15-13-27(14-16-28)20-7-5-6-8-22(20)29/h5-12,21,29H,13-17H2,1-4H3,(H,24,25). The van der Waals surface area contributed by atoms with Crippen LogP contribution < -0.4 is 10.2 Å². The molecule has 0 aromatic heterocycles. The number of rotatable bonds is 5. The first kappa shape index (κ1) is 21.0. The number of piperazine rings is 1. The highest BCUT2D eigenvalue weighted by Crippen LogP contribution is 2.27. The molecule has 1 fully saturated rings. The van der Waals surface area contributed by atoms with Gasteiger partial charge in [-0.1, -0.05) is 42.0 Å². The third kappa shape index (κ3) is 5.21. The van der Waals surface area contributed by atoms with Crippen LogP contribution >= 0.6 is 0 Å². The van der Waals surface area contributed by atoms with E-state index < -0.39 is 0 Å². The van der Waals surface area contributed by atoms with Gasteiger partial charge in [0.05, 0.1) is 11.7 Å². The molecule has 0 amide bonds. The first-order valence-corrected chi connectivity index (χ1v) is 10.2. The molecule has 1 unspecified atom stereocenters. The fourth-order valence-corrected chi connectivity index (χ4v) is 3.80. The van der Waals surface area contributed by atoms with Gasteiger partial charge in [0.25, 0.3) is 0 Å². The summed E-state index contributed by atoms with van der Waals surface area (Å²) >= 11 is 0. The third-order valence-electron chi connectivity index (χ3n) is 5.55. The average Bonchev–Trinajstić information content (AvgIpc) is 2.73. The summed E-state index contributed by atoms with van der Waals surface area (Å²) in [7, 11) is 6.06. The number of anilines is 1. The number of likely N-dealkylation sites (N-methyl/N-ethyl adjacent to an activating group) is 1. The number of aliphatic imine (C=N–C) groups is 1. The maximum atomic E-state index is 10.1. The van der Waals surface area contributed by atoms with Crippen LogP contribution in [0.4, 0.5) is 5.69 Å². The number of nitrogens with one attached hydrogen (secondary N) is 1. The molecule has 3 rings (SSSR count). The molecule has 2 aromatic carbocycles. The highest BCUT2D eigenvalue weighted by Gasteiger charge is 2.22. The van der Waals surface area contributed by atoms with Crippen LogP contribution in [0.15, 0.2) is 53.5 Å². The molecule has 1 aliphatic heterocycles. The lowest BCUT2D eigenvalue weighted by molar-refractivity contribution is 0.292. The normalized spacial score (nSPS) is 16.2. The third-order valence-corrected chi connectivity index (χ3v) is 5.55. The summed E-state index contributed by atoms with van der Waals surface area (Å²) in [6.07, 6.45) is 0. The Morgan fingerprint density at radius 3 is 2.31 bits per heavy atom. The molecule has 1 atom stereocenters. The molecule has 156 valence electrons. The number of phenols is 1. The van der Waals surface area contributed by atoms with Crippen molar-refractivity contribution < 1.29 is 5.11 Å². The highest BCUT2D eigenvalue weighted by molar-refractivity contribution is 5.80. The molecule has 29 heavy (non-hydrogen) atoms. The van der Waals surface area contributed by atoms with E-state index in [9.17, 15) is 5.11 Å². The van der Waals surface area contributed by atoms with Gasteiger partial charge in [-0.3, -0.25) is 4.99 Å². The molecule has 0 bridgehead atoms. The van der Waals surface area contributed by atoms with Crippen molar-refractivity contribution in [2.24, 2.45) is 4.99 Å². The Labute approximate surface area is 174 Å². The molecule has 6 nitrogen and oxygen atoms in total. The molecule has 0 aliphatic carbocycles. The van der Waals surface area contributed by atoms with E-state index in [1.165, 1.54) is 11.1 Å². The number of phenolic OH excluding ortho intramolecular Hbond substituents is 1. The Bertz CT molecular complexity index is 810. The Balaban J connectivity index is 1.59. The van der Waals surface area contributed by atoms with E-state index in [1.807, 2.05) is 25.2 Å². The van der Waals surface area contributed by atoms with Crippen molar-refractivity contribution in [2.45, 2.75) is 13.0 Å². The zero-order valence-corrected chi connectivity index (χ0v) is 18.0. The van der Waals surface area contributed by atoms with E-state index >= 15 is 0 Å². The molecular formula is C23H33N5O. The van der Waals surface area contributed by atoms with Gasteiger partial charge in [0.15, 0.2) is 5.96 Å². The van der Waals surface area contributed by atoms with Crippen molar-refractivity contribution in [3.05, 3.63) is 59.7 Å². The van der Waals surface area contributed by atoms with E-state index in [-0.39, 0.29) is 6.04 Å². The van der Waals surface area contributed by atoms with Gasteiger partial charge >= 0.3 is 0 Å². The van der Waals surface area contributed by atoms with Gasteiger partial charge in [0.1, 0.15) is 5.75 Å². The van der Waals surface area contributed by atoms with Gasteiger partial charge in [-0.25, -0.2) is 0 Å². The second-order valence-corrected chi connectivity index (χ2v) is 7.78. The molecule has 1 heterocycles. The van der Waals surface area contributed by atoms with Crippen molar-refractivity contribution in [1.82, 2.24) is 15.1 Å². The van der Waals surface area contributed by atoms with Crippen molar-refractivity contribution in [3.63, 3.8) is 0 Å². The van der Waals surface area contributed by atoms with Gasteiger partial charge in [-0.15, -0.1) is 0 Å². The van der Waals surface area contributed by atoms with Crippen LogP contribution in [0.5, 0.6) is 5.75 Å². The van der Waals surface area contributed by atoms with Crippen LogP contribution in [0.25, 0.3) is 0 Å². The van der Waals surface area contributed by atoms with Crippen molar-refractivity contribution in [1.29, 1.82) is 0 Å². The summed E-state index contributed by atoms with van der Waals surface area (Å²) in [6.45, 7) is 6.35. The van der Waals surface area contributed by atoms with Crippen LogP contribution in [0.1, 0.15) is 17.2 Å². The summed E-state index contributed by atoms with van der Waals surface area (Å²) in [5, 5.41) is 13.7. The summed E-state index contributed by atoms with van der Waals surface area (Å²) in [5.74, 6) is 1.27. The van der Waals surface area contributed by atoms with Crippen LogP contribution in [0.2, 0.25) is 0 Å². The highest BCUT2D eigenvalue weighted by atomic mass is 16.3. The summed E-state index contributed by atoms with van der Waals surface area (Å²) in [6, 6.07) is 16.6. The summed E-state index contributed by atoms with van der Waals surface area (Å²) < 4.78 is 0. The molecule has 0 saturated carbocycles. The molecule has 0 radical (unpaired) electrons. The number of nitrogens with zero attached hydrogens (tertiary/aromatic N) is 4. The molecule has 1 saturated heterocycles. The lowest BCUT2D eigenvalue weighted by atomic mass is 10.0. The summed E-state index contributed by atoms with van der Waals surface area (Å²) in [4.78, 5) is 11.3. The predicted molar refractivity (Wildman–Crippen MR) is 121 cm³/mol. The molecule has 0 spiro atoms. The Morgan fingerprint density at radius 2 is 1.72 bits per heavy atom. The number of benzene rings is 2. The maximum absolute atomic E-state index is 10.1. The average molecular weight is 396 g/mol. The largest absolute Gasteiger partial charge is 0.506 e. The van der Waals surface area contributed by atoms with Gasteiger partial charge in [0.2, 0.25) is 0 Å². The molecule has 2 N–H and O–H groups in total. The van der Waals surface area contributed by atoms with Crippen molar-refractivity contribution in [2.75, 3.05) is 58.8 Å². The van der Waals surface area contributed by atoms with Gasteiger partial charge in [0, 0.05) is 39.8 Å². The van der Waals surface area contributed by atoms with Gasteiger partial charge in [-0.2, -0.15) is 0 Å². The topological polar surface area (TPSA) is 54.3 Å². The quantitative estimate of drug-likeness (QED) is 0.602. The zero-order valence-electron chi connectivity index (χ0n) is 18.0. The van der Waals surface area contributed by atoms with E-state index in [4.69, 9.17) is 0 Å². The second-order valence-electron chi connectivity index (χ2n) is 7.78. The first-order valence-electron chi connectivity index (χ1n) is 10.2. The van der Waals surface area contributed by atoms with Crippen molar-refractivity contribution >= 4 is 11.6 Å². The number of aryl methyl sites for hydroxylation is 1. The van der Waals surface area contributed by atoms with E-state index in [0.717, 1.165) is 44.4 Å². The second kappa shape index (κ2) is 9.65. The van der Waals surface area contributed by atoms with Crippen LogP contribution in [0, 0.1) is 6.92 Å². The molecule has 1 aliphatic rings. The Morgan fingerprint density at radius 1 is 1.07 bits per heavy atom. The number of aromatic hydroxyl groups is 1. The molecular weight excluding hydrogens is 362 g/mol. The number of hydrogen-bond donors (Lipinski definition) is 2. The number of para-hydroxylation sites is 2.